The monoisotopic (exact) mass is 297 g/mol. The van der Waals surface area contributed by atoms with Gasteiger partial charge >= 0.3 is 0 Å². The fraction of sp³-hybridized carbons (Fsp3) is 0.533. The van der Waals surface area contributed by atoms with Crippen molar-refractivity contribution >= 4 is 17.5 Å². The molecule has 110 valence electrons. The molecule has 1 aliphatic carbocycles. The third-order valence-electron chi connectivity index (χ3n) is 3.61. The van der Waals surface area contributed by atoms with Crippen LogP contribution in [0.5, 0.6) is 11.5 Å². The van der Waals surface area contributed by atoms with Gasteiger partial charge in [-0.05, 0) is 25.0 Å². The van der Waals surface area contributed by atoms with Gasteiger partial charge < -0.3 is 14.8 Å². The summed E-state index contributed by atoms with van der Waals surface area (Å²) >= 11 is 6.27. The van der Waals surface area contributed by atoms with E-state index in [1.54, 1.807) is 32.4 Å². The Labute approximate surface area is 124 Å². The summed E-state index contributed by atoms with van der Waals surface area (Å²) in [7, 11) is 3.12. The van der Waals surface area contributed by atoms with Crippen LogP contribution >= 0.6 is 11.6 Å². The van der Waals surface area contributed by atoms with Crippen LogP contribution in [0.4, 0.5) is 0 Å². The number of halogens is 1. The fourth-order valence-corrected chi connectivity index (χ4v) is 2.78. The van der Waals surface area contributed by atoms with Crippen LogP contribution in [0.1, 0.15) is 36.0 Å². The van der Waals surface area contributed by atoms with Gasteiger partial charge in [0.05, 0.1) is 19.6 Å². The molecule has 4 nitrogen and oxygen atoms in total. The van der Waals surface area contributed by atoms with Crippen LogP contribution in [0.15, 0.2) is 18.2 Å². The minimum atomic E-state index is -0.139. The molecule has 0 radical (unpaired) electrons. The summed E-state index contributed by atoms with van der Waals surface area (Å²) in [5.41, 5.74) is 0.524. The standard InChI is InChI=1S/C15H20ClNO3/c1-19-11-7-10(8-12(9-11)20-2)15(18)17-14-6-4-3-5-13(14)16/h7-9,13-14H,3-6H2,1-2H3,(H,17,18). The number of hydrogen-bond donors (Lipinski definition) is 1. The van der Waals surface area contributed by atoms with E-state index in [4.69, 9.17) is 21.1 Å². The molecule has 1 aliphatic rings. The van der Waals surface area contributed by atoms with Crippen LogP contribution < -0.4 is 14.8 Å². The van der Waals surface area contributed by atoms with Crippen LogP contribution in [0.25, 0.3) is 0 Å². The molecule has 0 spiro atoms. The second-order valence-corrected chi connectivity index (χ2v) is 5.54. The summed E-state index contributed by atoms with van der Waals surface area (Å²) in [6.07, 6.45) is 4.12. The molecule has 1 amide bonds. The van der Waals surface area contributed by atoms with E-state index in [1.807, 2.05) is 0 Å². The molecule has 0 heterocycles. The number of benzene rings is 1. The first-order chi connectivity index (χ1) is 9.63. The molecule has 2 unspecified atom stereocenters. The quantitative estimate of drug-likeness (QED) is 0.869. The van der Waals surface area contributed by atoms with Crippen molar-refractivity contribution in [2.75, 3.05) is 14.2 Å². The number of nitrogens with one attached hydrogen (secondary N) is 1. The van der Waals surface area contributed by atoms with E-state index in [1.165, 1.54) is 0 Å². The van der Waals surface area contributed by atoms with Crippen molar-refractivity contribution in [1.82, 2.24) is 5.32 Å². The minimum Gasteiger partial charge on any atom is -0.497 e. The van der Waals surface area contributed by atoms with Crippen molar-refractivity contribution in [2.24, 2.45) is 0 Å². The van der Waals surface area contributed by atoms with Crippen LogP contribution in [-0.2, 0) is 0 Å². The van der Waals surface area contributed by atoms with Gasteiger partial charge in [-0.1, -0.05) is 12.8 Å². The number of hydrogen-bond acceptors (Lipinski definition) is 3. The molecular formula is C15H20ClNO3. The Hall–Kier alpha value is -1.42. The van der Waals surface area contributed by atoms with Gasteiger partial charge in [0.25, 0.3) is 5.91 Å². The maximum atomic E-state index is 12.3. The number of methoxy groups -OCH3 is 2. The number of carbonyl (C=O) groups is 1. The summed E-state index contributed by atoms with van der Waals surface area (Å²) in [6.45, 7) is 0. The lowest BCUT2D eigenvalue weighted by molar-refractivity contribution is 0.0928. The summed E-state index contributed by atoms with van der Waals surface area (Å²) in [5, 5.41) is 3.02. The molecule has 5 heteroatoms. The zero-order valence-corrected chi connectivity index (χ0v) is 12.6. The van der Waals surface area contributed by atoms with Gasteiger partial charge in [0.1, 0.15) is 11.5 Å². The fourth-order valence-electron chi connectivity index (χ4n) is 2.44. The number of amides is 1. The largest absolute Gasteiger partial charge is 0.497 e. The van der Waals surface area contributed by atoms with E-state index in [0.717, 1.165) is 25.7 Å². The third kappa shape index (κ3) is 3.57. The normalized spacial score (nSPS) is 22.1. The molecule has 1 fully saturated rings. The Morgan fingerprint density at radius 2 is 1.75 bits per heavy atom. The van der Waals surface area contributed by atoms with Crippen molar-refractivity contribution in [2.45, 2.75) is 37.1 Å². The highest BCUT2D eigenvalue weighted by Crippen LogP contribution is 2.25. The van der Waals surface area contributed by atoms with Crippen LogP contribution in [-0.4, -0.2) is 31.5 Å². The topological polar surface area (TPSA) is 47.6 Å². The van der Waals surface area contributed by atoms with Crippen molar-refractivity contribution in [1.29, 1.82) is 0 Å². The van der Waals surface area contributed by atoms with Crippen molar-refractivity contribution in [3.05, 3.63) is 23.8 Å². The van der Waals surface area contributed by atoms with Crippen molar-refractivity contribution in [3.8, 4) is 11.5 Å². The average Bonchev–Trinajstić information content (AvgIpc) is 2.48. The van der Waals surface area contributed by atoms with Gasteiger partial charge in [0.15, 0.2) is 0 Å². The second kappa shape index (κ2) is 6.84. The number of carbonyl (C=O) groups excluding carboxylic acids is 1. The Kier molecular flexibility index (Phi) is 5.12. The van der Waals surface area contributed by atoms with Crippen LogP contribution in [0.3, 0.4) is 0 Å². The maximum Gasteiger partial charge on any atom is 0.251 e. The van der Waals surface area contributed by atoms with Gasteiger partial charge in [-0.3, -0.25) is 4.79 Å². The number of rotatable bonds is 4. The highest BCUT2D eigenvalue weighted by molar-refractivity contribution is 6.21. The molecule has 0 aliphatic heterocycles. The summed E-state index contributed by atoms with van der Waals surface area (Å²) in [4.78, 5) is 12.3. The highest BCUT2D eigenvalue weighted by Gasteiger charge is 2.25. The Balaban J connectivity index is 2.11. The van der Waals surface area contributed by atoms with Gasteiger partial charge in [0, 0.05) is 17.7 Å². The van der Waals surface area contributed by atoms with Gasteiger partial charge in [0.2, 0.25) is 0 Å². The SMILES string of the molecule is COc1cc(OC)cc(C(=O)NC2CCCCC2Cl)c1. The van der Waals surface area contributed by atoms with E-state index in [9.17, 15) is 4.79 Å². The molecule has 1 saturated carbocycles. The van der Waals surface area contributed by atoms with E-state index in [2.05, 4.69) is 5.32 Å². The predicted octanol–water partition coefficient (Wildman–Crippen LogP) is 2.98. The lowest BCUT2D eigenvalue weighted by atomic mass is 9.94. The van der Waals surface area contributed by atoms with E-state index in [-0.39, 0.29) is 17.3 Å². The zero-order valence-electron chi connectivity index (χ0n) is 11.8. The lowest BCUT2D eigenvalue weighted by Crippen LogP contribution is -2.42. The summed E-state index contributed by atoms with van der Waals surface area (Å²) in [6, 6.07) is 5.17. The first-order valence-corrected chi connectivity index (χ1v) is 7.25. The van der Waals surface area contributed by atoms with E-state index < -0.39 is 0 Å². The lowest BCUT2D eigenvalue weighted by Gasteiger charge is -2.27. The first-order valence-electron chi connectivity index (χ1n) is 6.82. The molecule has 1 N–H and O–H groups in total. The smallest absolute Gasteiger partial charge is 0.251 e. The van der Waals surface area contributed by atoms with Crippen LogP contribution in [0, 0.1) is 0 Å². The zero-order chi connectivity index (χ0) is 14.5. The van der Waals surface area contributed by atoms with Crippen molar-refractivity contribution in [3.63, 3.8) is 0 Å². The molecule has 2 atom stereocenters. The van der Waals surface area contributed by atoms with E-state index in [0.29, 0.717) is 17.1 Å². The molecule has 1 aromatic rings. The minimum absolute atomic E-state index is 0.0141. The third-order valence-corrected chi connectivity index (χ3v) is 4.13. The summed E-state index contributed by atoms with van der Waals surface area (Å²) in [5.74, 6) is 1.06. The second-order valence-electron chi connectivity index (χ2n) is 4.98. The predicted molar refractivity (Wildman–Crippen MR) is 78.9 cm³/mol. The average molecular weight is 298 g/mol. The summed E-state index contributed by atoms with van der Waals surface area (Å²) < 4.78 is 10.3. The van der Waals surface area contributed by atoms with Crippen LogP contribution in [0.2, 0.25) is 0 Å². The van der Waals surface area contributed by atoms with Crippen molar-refractivity contribution < 1.29 is 14.3 Å². The Morgan fingerprint density at radius 3 is 2.30 bits per heavy atom. The molecule has 20 heavy (non-hydrogen) atoms. The number of alkyl halides is 1. The Morgan fingerprint density at radius 1 is 1.15 bits per heavy atom. The molecule has 0 aromatic heterocycles. The molecular weight excluding hydrogens is 278 g/mol. The van der Waals surface area contributed by atoms with Gasteiger partial charge in [-0.15, -0.1) is 11.6 Å². The van der Waals surface area contributed by atoms with Gasteiger partial charge in [-0.2, -0.15) is 0 Å². The maximum absolute atomic E-state index is 12.3. The Bertz CT molecular complexity index is 456. The molecule has 0 saturated heterocycles. The molecule has 1 aromatic carbocycles. The number of ether oxygens (including phenoxy) is 2. The molecule has 2 rings (SSSR count). The van der Waals surface area contributed by atoms with Gasteiger partial charge in [-0.25, -0.2) is 0 Å². The first kappa shape index (κ1) is 15.0. The highest BCUT2D eigenvalue weighted by atomic mass is 35.5. The van der Waals surface area contributed by atoms with E-state index >= 15 is 0 Å². The molecule has 0 bridgehead atoms.